The second-order valence-corrected chi connectivity index (χ2v) is 5.10. The lowest BCUT2D eigenvalue weighted by atomic mass is 10.1. The lowest BCUT2D eigenvalue weighted by molar-refractivity contribution is -0.384. The van der Waals surface area contributed by atoms with E-state index in [1.807, 2.05) is 18.2 Å². The van der Waals surface area contributed by atoms with Crippen molar-refractivity contribution in [1.82, 2.24) is 0 Å². The number of para-hydroxylation sites is 1. The number of ether oxygens (including phenoxy) is 1. The minimum absolute atomic E-state index is 0.102. The molecule has 0 aliphatic carbocycles. The molecule has 1 heterocycles. The average molecular weight is 326 g/mol. The maximum Gasteiger partial charge on any atom is 0.291 e. The van der Waals surface area contributed by atoms with Crippen molar-refractivity contribution >= 4 is 28.3 Å². The Labute approximate surface area is 137 Å². The molecule has 2 aromatic carbocycles. The van der Waals surface area contributed by atoms with Crippen LogP contribution in [0.2, 0.25) is 0 Å². The number of carbonyl (C=O) groups is 1. The van der Waals surface area contributed by atoms with Crippen LogP contribution in [0.1, 0.15) is 16.1 Å². The summed E-state index contributed by atoms with van der Waals surface area (Å²) in [7, 11) is 1.53. The van der Waals surface area contributed by atoms with Crippen molar-refractivity contribution in [3.63, 3.8) is 0 Å². The standard InChI is InChI=1S/C17H14N2O5/c1-23-10-14-13-7-2-3-8-15(13)24-16(14)17(20)18-11-5-4-6-12(9-11)19(21)22/h2-9H,10H2,1H3,(H,18,20). The zero-order chi connectivity index (χ0) is 17.1. The lowest BCUT2D eigenvalue weighted by Gasteiger charge is -2.05. The first-order valence-electron chi connectivity index (χ1n) is 7.15. The van der Waals surface area contributed by atoms with Crippen LogP contribution in [0.15, 0.2) is 52.9 Å². The van der Waals surface area contributed by atoms with Gasteiger partial charge in [-0.3, -0.25) is 14.9 Å². The Morgan fingerprint density at radius 1 is 1.25 bits per heavy atom. The molecule has 0 atom stereocenters. The van der Waals surface area contributed by atoms with E-state index in [0.717, 1.165) is 5.39 Å². The molecule has 1 N–H and O–H groups in total. The molecule has 0 unspecified atom stereocenters. The van der Waals surface area contributed by atoms with E-state index in [9.17, 15) is 14.9 Å². The van der Waals surface area contributed by atoms with Crippen molar-refractivity contribution in [2.75, 3.05) is 12.4 Å². The summed E-state index contributed by atoms with van der Waals surface area (Å²) in [6, 6.07) is 13.0. The summed E-state index contributed by atoms with van der Waals surface area (Å²) in [6.45, 7) is 0.217. The molecule has 0 radical (unpaired) electrons. The number of methoxy groups -OCH3 is 1. The van der Waals surface area contributed by atoms with Crippen LogP contribution in [0, 0.1) is 10.1 Å². The molecule has 0 saturated carbocycles. The lowest BCUT2D eigenvalue weighted by Crippen LogP contribution is -2.13. The van der Waals surface area contributed by atoms with Gasteiger partial charge in [0.2, 0.25) is 0 Å². The number of benzene rings is 2. The molecule has 1 amide bonds. The Morgan fingerprint density at radius 2 is 2.04 bits per heavy atom. The highest BCUT2D eigenvalue weighted by Gasteiger charge is 2.21. The molecule has 1 aromatic heterocycles. The summed E-state index contributed by atoms with van der Waals surface area (Å²) in [5.74, 6) is -0.358. The molecule has 0 saturated heterocycles. The number of anilines is 1. The van der Waals surface area contributed by atoms with E-state index in [2.05, 4.69) is 5.32 Å². The molecule has 0 aliphatic rings. The van der Waals surface area contributed by atoms with Crippen molar-refractivity contribution in [1.29, 1.82) is 0 Å². The van der Waals surface area contributed by atoms with Crippen LogP contribution in [0.4, 0.5) is 11.4 Å². The maximum absolute atomic E-state index is 12.5. The van der Waals surface area contributed by atoms with Crippen LogP contribution in [0.3, 0.4) is 0 Å². The summed E-state index contributed by atoms with van der Waals surface area (Å²) in [5.41, 5.74) is 1.43. The molecular weight excluding hydrogens is 312 g/mol. The number of fused-ring (bicyclic) bond motifs is 1. The number of furan rings is 1. The van der Waals surface area contributed by atoms with E-state index in [1.165, 1.54) is 25.3 Å². The summed E-state index contributed by atoms with van der Waals surface area (Å²) in [4.78, 5) is 22.8. The van der Waals surface area contributed by atoms with Crippen molar-refractivity contribution in [2.24, 2.45) is 0 Å². The molecule has 0 bridgehead atoms. The van der Waals surface area contributed by atoms with Crippen LogP contribution in [0.5, 0.6) is 0 Å². The van der Waals surface area contributed by atoms with E-state index < -0.39 is 10.8 Å². The van der Waals surface area contributed by atoms with Gasteiger partial charge in [0.25, 0.3) is 11.6 Å². The monoisotopic (exact) mass is 326 g/mol. The van der Waals surface area contributed by atoms with Crippen molar-refractivity contribution in [2.45, 2.75) is 6.61 Å². The third-order valence-electron chi connectivity index (χ3n) is 3.51. The number of nitrogens with zero attached hydrogens (tertiary/aromatic N) is 1. The highest BCUT2D eigenvalue weighted by molar-refractivity contribution is 6.06. The normalized spacial score (nSPS) is 10.7. The number of amides is 1. The fourth-order valence-electron chi connectivity index (χ4n) is 2.45. The number of non-ortho nitro benzene ring substituents is 1. The number of carbonyl (C=O) groups excluding carboxylic acids is 1. The smallest absolute Gasteiger partial charge is 0.291 e. The molecule has 24 heavy (non-hydrogen) atoms. The van der Waals surface area contributed by atoms with E-state index in [1.54, 1.807) is 12.1 Å². The third-order valence-corrected chi connectivity index (χ3v) is 3.51. The number of rotatable bonds is 5. The SMILES string of the molecule is COCc1c(C(=O)Nc2cccc([N+](=O)[O-])c2)oc2ccccc12. The Bertz CT molecular complexity index is 916. The molecule has 7 heteroatoms. The topological polar surface area (TPSA) is 94.6 Å². The summed E-state index contributed by atoms with van der Waals surface area (Å²) in [5, 5.41) is 14.2. The zero-order valence-corrected chi connectivity index (χ0v) is 12.8. The molecule has 3 rings (SSSR count). The molecule has 7 nitrogen and oxygen atoms in total. The van der Waals surface area contributed by atoms with Crippen LogP contribution in [0.25, 0.3) is 11.0 Å². The summed E-state index contributed by atoms with van der Waals surface area (Å²) >= 11 is 0. The average Bonchev–Trinajstić information content (AvgIpc) is 2.94. The van der Waals surface area contributed by atoms with Crippen LogP contribution < -0.4 is 5.32 Å². The first-order chi connectivity index (χ1) is 11.6. The summed E-state index contributed by atoms with van der Waals surface area (Å²) in [6.07, 6.45) is 0. The highest BCUT2D eigenvalue weighted by Crippen LogP contribution is 2.27. The Morgan fingerprint density at radius 3 is 2.79 bits per heavy atom. The number of hydrogen-bond donors (Lipinski definition) is 1. The third kappa shape index (κ3) is 2.97. The van der Waals surface area contributed by atoms with Crippen LogP contribution in [-0.4, -0.2) is 17.9 Å². The first-order valence-corrected chi connectivity index (χ1v) is 7.15. The molecule has 0 fully saturated rings. The van der Waals surface area contributed by atoms with Crippen molar-refractivity contribution in [3.8, 4) is 0 Å². The molecule has 3 aromatic rings. The minimum Gasteiger partial charge on any atom is -0.451 e. The number of hydrogen-bond acceptors (Lipinski definition) is 5. The molecular formula is C17H14N2O5. The predicted molar refractivity (Wildman–Crippen MR) is 88.0 cm³/mol. The fourth-order valence-corrected chi connectivity index (χ4v) is 2.45. The van der Waals surface area contributed by atoms with Gasteiger partial charge in [0, 0.05) is 35.9 Å². The van der Waals surface area contributed by atoms with Gasteiger partial charge < -0.3 is 14.5 Å². The second kappa shape index (κ2) is 6.51. The Kier molecular flexibility index (Phi) is 4.26. The van der Waals surface area contributed by atoms with Gasteiger partial charge in [-0.15, -0.1) is 0 Å². The highest BCUT2D eigenvalue weighted by atomic mass is 16.6. The maximum atomic E-state index is 12.5. The summed E-state index contributed by atoms with van der Waals surface area (Å²) < 4.78 is 10.8. The van der Waals surface area contributed by atoms with Gasteiger partial charge in [0.15, 0.2) is 5.76 Å². The van der Waals surface area contributed by atoms with Gasteiger partial charge in [0.1, 0.15) is 5.58 Å². The van der Waals surface area contributed by atoms with E-state index in [-0.39, 0.29) is 18.1 Å². The zero-order valence-electron chi connectivity index (χ0n) is 12.8. The quantitative estimate of drug-likeness (QED) is 0.569. The molecule has 0 spiro atoms. The Balaban J connectivity index is 1.95. The van der Waals surface area contributed by atoms with Crippen LogP contribution >= 0.6 is 0 Å². The number of nitro groups is 1. The minimum atomic E-state index is -0.521. The van der Waals surface area contributed by atoms with Crippen molar-refractivity contribution in [3.05, 3.63) is 70.0 Å². The number of nitrogens with one attached hydrogen (secondary N) is 1. The van der Waals surface area contributed by atoms with Crippen LogP contribution in [-0.2, 0) is 11.3 Å². The molecule has 0 aliphatic heterocycles. The predicted octanol–water partition coefficient (Wildman–Crippen LogP) is 3.74. The number of nitro benzene ring substituents is 1. The molecule has 122 valence electrons. The fraction of sp³-hybridized carbons (Fsp3) is 0.118. The van der Waals surface area contributed by atoms with Gasteiger partial charge >= 0.3 is 0 Å². The van der Waals surface area contributed by atoms with Gasteiger partial charge in [-0.1, -0.05) is 24.3 Å². The van der Waals surface area contributed by atoms with Gasteiger partial charge in [0.05, 0.1) is 11.5 Å². The largest absolute Gasteiger partial charge is 0.451 e. The van der Waals surface area contributed by atoms with E-state index in [0.29, 0.717) is 16.8 Å². The van der Waals surface area contributed by atoms with E-state index in [4.69, 9.17) is 9.15 Å². The van der Waals surface area contributed by atoms with Crippen molar-refractivity contribution < 1.29 is 18.9 Å². The van der Waals surface area contributed by atoms with Gasteiger partial charge in [-0.2, -0.15) is 0 Å². The van der Waals surface area contributed by atoms with Gasteiger partial charge in [-0.05, 0) is 12.1 Å². The first kappa shape index (κ1) is 15.7. The second-order valence-electron chi connectivity index (χ2n) is 5.10. The van der Waals surface area contributed by atoms with E-state index >= 15 is 0 Å². The Hall–Kier alpha value is -3.19. The van der Waals surface area contributed by atoms with Gasteiger partial charge in [-0.25, -0.2) is 0 Å².